The van der Waals surface area contributed by atoms with Crippen LogP contribution in [0.2, 0.25) is 0 Å². The number of fused-ring (bicyclic) bond motifs is 1. The molecule has 1 unspecified atom stereocenters. The van der Waals surface area contributed by atoms with Crippen molar-refractivity contribution >= 4 is 12.0 Å². The second-order valence-corrected chi connectivity index (χ2v) is 9.63. The molecule has 6 heteroatoms. The van der Waals surface area contributed by atoms with Crippen molar-refractivity contribution in [1.82, 2.24) is 10.4 Å². The number of amides is 1. The largest absolute Gasteiger partial charge is 0.487 e. The lowest BCUT2D eigenvalue weighted by Gasteiger charge is -2.44. The minimum atomic E-state index is -0.343. The summed E-state index contributed by atoms with van der Waals surface area (Å²) < 4.78 is 12.0. The van der Waals surface area contributed by atoms with Crippen LogP contribution in [0, 0.1) is 0 Å². The van der Waals surface area contributed by atoms with Crippen LogP contribution in [0.3, 0.4) is 0 Å². The van der Waals surface area contributed by atoms with Crippen molar-refractivity contribution in [3.8, 4) is 5.75 Å². The first-order chi connectivity index (χ1) is 16.7. The summed E-state index contributed by atoms with van der Waals surface area (Å²) in [6, 6.07) is 16.9. The fourth-order valence-corrected chi connectivity index (χ4v) is 5.09. The molecule has 34 heavy (non-hydrogen) atoms. The highest BCUT2D eigenvalue weighted by molar-refractivity contribution is 5.91. The van der Waals surface area contributed by atoms with Gasteiger partial charge < -0.3 is 9.47 Å². The normalized spacial score (nSPS) is 22.3. The predicted molar refractivity (Wildman–Crippen MR) is 131 cm³/mol. The summed E-state index contributed by atoms with van der Waals surface area (Å²) in [6.07, 6.45) is 10.0. The van der Waals surface area contributed by atoms with Crippen LogP contribution in [-0.2, 0) is 27.3 Å². The summed E-state index contributed by atoms with van der Waals surface area (Å²) in [7, 11) is 0. The van der Waals surface area contributed by atoms with Crippen molar-refractivity contribution in [2.45, 2.75) is 63.4 Å². The highest BCUT2D eigenvalue weighted by Gasteiger charge is 2.39. The number of nitrogens with one attached hydrogen (secondary N) is 1. The third-order valence-corrected chi connectivity index (χ3v) is 7.13. The summed E-state index contributed by atoms with van der Waals surface area (Å²) in [5, 5.41) is 0. The topological polar surface area (TPSA) is 60.0 Å². The molecule has 2 aromatic carbocycles. The SMILES string of the molecule is O=C(/C=C/c1ccc2c(c1)CCC1(CCN(Cc3ccccc3)CC1)O2)NOC1CCCCO1. The maximum atomic E-state index is 12.1. The molecule has 2 fully saturated rings. The third-order valence-electron chi connectivity index (χ3n) is 7.13. The first-order valence-electron chi connectivity index (χ1n) is 12.5. The Morgan fingerprint density at radius 3 is 2.76 bits per heavy atom. The van der Waals surface area contributed by atoms with E-state index in [0.29, 0.717) is 6.61 Å². The van der Waals surface area contributed by atoms with Crippen LogP contribution in [0.5, 0.6) is 5.75 Å². The van der Waals surface area contributed by atoms with E-state index >= 15 is 0 Å². The van der Waals surface area contributed by atoms with Crippen LogP contribution in [0.15, 0.2) is 54.6 Å². The van der Waals surface area contributed by atoms with Crippen molar-refractivity contribution in [1.29, 1.82) is 0 Å². The number of carbonyl (C=O) groups is 1. The second kappa shape index (κ2) is 10.7. The number of aryl methyl sites for hydroxylation is 1. The Balaban J connectivity index is 1.12. The quantitative estimate of drug-likeness (QED) is 0.501. The van der Waals surface area contributed by atoms with Crippen molar-refractivity contribution in [3.05, 3.63) is 71.3 Å². The van der Waals surface area contributed by atoms with Gasteiger partial charge in [-0.1, -0.05) is 36.4 Å². The van der Waals surface area contributed by atoms with Crippen molar-refractivity contribution in [2.75, 3.05) is 19.7 Å². The Morgan fingerprint density at radius 1 is 1.12 bits per heavy atom. The molecule has 1 N–H and O–H groups in total. The molecule has 180 valence electrons. The zero-order valence-corrected chi connectivity index (χ0v) is 19.7. The van der Waals surface area contributed by atoms with Crippen molar-refractivity contribution < 1.29 is 19.1 Å². The lowest BCUT2D eigenvalue weighted by molar-refractivity contribution is -0.198. The van der Waals surface area contributed by atoms with Crippen molar-refractivity contribution in [2.24, 2.45) is 0 Å². The molecule has 2 saturated heterocycles. The van der Waals surface area contributed by atoms with Gasteiger partial charge in [-0.15, -0.1) is 0 Å². The van der Waals surface area contributed by atoms with Gasteiger partial charge in [-0.2, -0.15) is 0 Å². The molecular formula is C28H34N2O4. The number of benzene rings is 2. The first-order valence-corrected chi connectivity index (χ1v) is 12.5. The molecule has 3 aliphatic rings. The fraction of sp³-hybridized carbons (Fsp3) is 0.464. The van der Waals surface area contributed by atoms with Crippen LogP contribution < -0.4 is 10.2 Å². The van der Waals surface area contributed by atoms with E-state index in [4.69, 9.17) is 14.3 Å². The molecule has 0 aromatic heterocycles. The maximum Gasteiger partial charge on any atom is 0.267 e. The van der Waals surface area contributed by atoms with E-state index < -0.39 is 0 Å². The van der Waals surface area contributed by atoms with Crippen LogP contribution in [-0.4, -0.2) is 42.4 Å². The summed E-state index contributed by atoms with van der Waals surface area (Å²) in [4.78, 5) is 19.9. The molecule has 6 nitrogen and oxygen atoms in total. The number of rotatable bonds is 6. The molecule has 5 rings (SSSR count). The van der Waals surface area contributed by atoms with Crippen LogP contribution in [0.25, 0.3) is 6.08 Å². The van der Waals surface area contributed by atoms with E-state index in [2.05, 4.69) is 52.8 Å². The molecule has 0 radical (unpaired) electrons. The molecule has 1 atom stereocenters. The Bertz CT molecular complexity index is 993. The summed E-state index contributed by atoms with van der Waals surface area (Å²) >= 11 is 0. The summed E-state index contributed by atoms with van der Waals surface area (Å²) in [5.41, 5.74) is 5.99. The molecule has 2 aromatic rings. The van der Waals surface area contributed by atoms with Gasteiger partial charge in [-0.25, -0.2) is 10.3 Å². The summed E-state index contributed by atoms with van der Waals surface area (Å²) in [6.45, 7) is 3.82. The molecule has 1 amide bonds. The number of nitrogens with zero attached hydrogens (tertiary/aromatic N) is 1. The minimum Gasteiger partial charge on any atom is -0.487 e. The molecule has 3 aliphatic heterocycles. The standard InChI is InChI=1S/C28H34N2O4/c31-26(29-34-27-8-4-5-19-32-27)12-10-22-9-11-25-24(20-22)13-14-28(33-25)15-17-30(18-16-28)21-23-6-2-1-3-7-23/h1-3,6-7,9-12,20,27H,4-5,8,13-19,21H2,(H,29,31)/b12-10+. The van der Waals surface area contributed by atoms with Gasteiger partial charge in [0.2, 0.25) is 0 Å². The fourth-order valence-electron chi connectivity index (χ4n) is 5.09. The molecule has 0 aliphatic carbocycles. The Morgan fingerprint density at radius 2 is 1.97 bits per heavy atom. The number of hydrogen-bond donors (Lipinski definition) is 1. The number of hydrogen-bond acceptors (Lipinski definition) is 5. The van der Waals surface area contributed by atoms with Gasteiger partial charge in [0.1, 0.15) is 11.4 Å². The molecule has 0 bridgehead atoms. The van der Waals surface area contributed by atoms with Gasteiger partial charge in [-0.3, -0.25) is 9.69 Å². The predicted octanol–water partition coefficient (Wildman–Crippen LogP) is 4.63. The lowest BCUT2D eigenvalue weighted by Crippen LogP contribution is -2.49. The van der Waals surface area contributed by atoms with E-state index in [-0.39, 0.29) is 17.8 Å². The van der Waals surface area contributed by atoms with Crippen LogP contribution in [0.1, 0.15) is 55.2 Å². The van der Waals surface area contributed by atoms with Gasteiger partial charge in [0.25, 0.3) is 5.91 Å². The number of piperidine rings is 1. The van der Waals surface area contributed by atoms with Crippen molar-refractivity contribution in [3.63, 3.8) is 0 Å². The van der Waals surface area contributed by atoms with Crippen LogP contribution in [0.4, 0.5) is 0 Å². The third kappa shape index (κ3) is 5.87. The van der Waals surface area contributed by atoms with Gasteiger partial charge >= 0.3 is 0 Å². The number of carbonyl (C=O) groups excluding carboxylic acids is 1. The second-order valence-electron chi connectivity index (χ2n) is 9.63. The van der Waals surface area contributed by atoms with E-state index in [1.54, 1.807) is 0 Å². The average Bonchev–Trinajstić information content (AvgIpc) is 2.89. The molecule has 0 saturated carbocycles. The number of likely N-dealkylation sites (tertiary alicyclic amines) is 1. The van der Waals surface area contributed by atoms with E-state index in [1.807, 2.05) is 12.1 Å². The van der Waals surface area contributed by atoms with Crippen LogP contribution >= 0.6 is 0 Å². The summed E-state index contributed by atoms with van der Waals surface area (Å²) in [5.74, 6) is 0.700. The van der Waals surface area contributed by atoms with Gasteiger partial charge in [0.15, 0.2) is 6.29 Å². The average molecular weight is 463 g/mol. The number of hydroxylamine groups is 1. The minimum absolute atomic E-state index is 0.0457. The van der Waals surface area contributed by atoms with E-state index in [1.165, 1.54) is 17.2 Å². The highest BCUT2D eigenvalue weighted by atomic mass is 16.8. The number of ether oxygens (including phenoxy) is 2. The van der Waals surface area contributed by atoms with Gasteiger partial charge in [0, 0.05) is 38.7 Å². The highest BCUT2D eigenvalue weighted by Crippen LogP contribution is 2.40. The van der Waals surface area contributed by atoms with Gasteiger partial charge in [-0.05, 0) is 73.4 Å². The smallest absolute Gasteiger partial charge is 0.267 e. The zero-order chi connectivity index (χ0) is 23.2. The Hall–Kier alpha value is -2.67. The molecule has 3 heterocycles. The molecular weight excluding hydrogens is 428 g/mol. The first kappa shape index (κ1) is 23.1. The van der Waals surface area contributed by atoms with E-state index in [0.717, 1.165) is 75.9 Å². The maximum absolute atomic E-state index is 12.1. The monoisotopic (exact) mass is 462 g/mol. The molecule has 1 spiro atoms. The zero-order valence-electron chi connectivity index (χ0n) is 19.7. The van der Waals surface area contributed by atoms with Gasteiger partial charge in [0.05, 0.1) is 0 Å². The Kier molecular flexibility index (Phi) is 7.28. The Labute approximate surface area is 201 Å². The van der Waals surface area contributed by atoms with E-state index in [9.17, 15) is 4.79 Å². The lowest BCUT2D eigenvalue weighted by atomic mass is 9.82.